The summed E-state index contributed by atoms with van der Waals surface area (Å²) in [7, 11) is 0. The Morgan fingerprint density at radius 2 is 2.47 bits per heavy atom. The fraction of sp³-hybridized carbons (Fsp3) is 0.545. The lowest BCUT2D eigenvalue weighted by atomic mass is 9.91. The van der Waals surface area contributed by atoms with Crippen molar-refractivity contribution < 1.29 is 9.66 Å². The third-order valence-electron chi connectivity index (χ3n) is 2.47. The molecule has 17 heavy (non-hydrogen) atoms. The van der Waals surface area contributed by atoms with Crippen LogP contribution >= 0.6 is 11.6 Å². The minimum Gasteiger partial charge on any atom is -0.369 e. The maximum Gasteiger partial charge on any atom is 0.265 e. The first-order chi connectivity index (χ1) is 8.13. The Morgan fingerprint density at radius 1 is 1.71 bits per heavy atom. The molecule has 0 aromatic rings. The van der Waals surface area contributed by atoms with Gasteiger partial charge in [0.2, 0.25) is 0 Å². The average molecular weight is 257 g/mol. The average Bonchev–Trinajstić information content (AvgIpc) is 2.30. The Labute approximate surface area is 104 Å². The molecule has 5 nitrogen and oxygen atoms in total. The normalized spacial score (nSPS) is 22.9. The van der Waals surface area contributed by atoms with Gasteiger partial charge in [0, 0.05) is 25.0 Å². The smallest absolute Gasteiger partial charge is 0.265 e. The predicted octanol–water partition coefficient (Wildman–Crippen LogP) is 2.40. The zero-order valence-electron chi connectivity index (χ0n) is 9.26. The van der Waals surface area contributed by atoms with Crippen LogP contribution in [0.4, 0.5) is 0 Å². The van der Waals surface area contributed by atoms with Crippen LogP contribution in [0.25, 0.3) is 0 Å². The molecule has 0 bridgehead atoms. The van der Waals surface area contributed by atoms with E-state index >= 15 is 0 Å². The summed E-state index contributed by atoms with van der Waals surface area (Å²) in [5, 5.41) is 19.3. The number of ether oxygens (including phenoxy) is 1. The summed E-state index contributed by atoms with van der Waals surface area (Å²) in [6.45, 7) is 0.442. The first kappa shape index (κ1) is 13.7. The first-order valence-corrected chi connectivity index (χ1v) is 5.78. The Bertz CT molecular complexity index is 387. The van der Waals surface area contributed by atoms with Crippen molar-refractivity contribution in [2.24, 2.45) is 0 Å². The van der Waals surface area contributed by atoms with Gasteiger partial charge in [-0.1, -0.05) is 0 Å². The van der Waals surface area contributed by atoms with Gasteiger partial charge in [-0.3, -0.25) is 10.1 Å². The molecule has 0 aromatic carbocycles. The lowest BCUT2D eigenvalue weighted by Crippen LogP contribution is -2.32. The third kappa shape index (κ3) is 3.84. The molecule has 6 heteroatoms. The fourth-order valence-corrected chi connectivity index (χ4v) is 1.65. The maximum absolute atomic E-state index is 10.5. The van der Waals surface area contributed by atoms with E-state index in [4.69, 9.17) is 21.6 Å². The fourth-order valence-electron chi connectivity index (χ4n) is 1.54. The van der Waals surface area contributed by atoms with Crippen molar-refractivity contribution in [1.82, 2.24) is 0 Å². The molecule has 1 atom stereocenters. The van der Waals surface area contributed by atoms with Crippen LogP contribution in [-0.2, 0) is 4.74 Å². The van der Waals surface area contributed by atoms with Crippen LogP contribution < -0.4 is 0 Å². The molecule has 1 unspecified atom stereocenters. The van der Waals surface area contributed by atoms with Gasteiger partial charge in [0.25, 0.3) is 5.70 Å². The van der Waals surface area contributed by atoms with Gasteiger partial charge in [-0.2, -0.15) is 5.26 Å². The van der Waals surface area contributed by atoms with Gasteiger partial charge < -0.3 is 4.74 Å². The standard InChI is InChI=1S/C11H13ClN2O3/c12-7-1-9-17-11(6-8-13)4-2-10(3-5-11)14(15)16/h2-4H,1,5-7,9H2. The molecule has 92 valence electrons. The van der Waals surface area contributed by atoms with E-state index in [0.29, 0.717) is 25.3 Å². The molecule has 1 rings (SSSR count). The number of halogens is 1. The van der Waals surface area contributed by atoms with Gasteiger partial charge in [0.1, 0.15) is 5.60 Å². The number of rotatable bonds is 6. The zero-order valence-corrected chi connectivity index (χ0v) is 10.0. The highest BCUT2D eigenvalue weighted by Crippen LogP contribution is 2.28. The highest BCUT2D eigenvalue weighted by atomic mass is 35.5. The van der Waals surface area contributed by atoms with E-state index in [-0.39, 0.29) is 12.1 Å². The van der Waals surface area contributed by atoms with Gasteiger partial charge in [-0.05, 0) is 18.6 Å². The minimum absolute atomic E-state index is 0.0412. The van der Waals surface area contributed by atoms with Crippen LogP contribution in [0.5, 0.6) is 0 Å². The molecule has 0 fully saturated rings. The molecular formula is C11H13ClN2O3. The van der Waals surface area contributed by atoms with E-state index in [2.05, 4.69) is 0 Å². The summed E-state index contributed by atoms with van der Waals surface area (Å²) < 4.78 is 5.62. The molecule has 0 saturated carbocycles. The largest absolute Gasteiger partial charge is 0.369 e. The Hall–Kier alpha value is -1.38. The molecule has 0 radical (unpaired) electrons. The molecule has 0 amide bonds. The number of nitro groups is 1. The van der Waals surface area contributed by atoms with Crippen LogP contribution in [0.15, 0.2) is 23.9 Å². The summed E-state index contributed by atoms with van der Waals surface area (Å²) in [4.78, 5) is 10.1. The van der Waals surface area contributed by atoms with Crippen LogP contribution in [0, 0.1) is 21.4 Å². The number of nitriles is 1. The van der Waals surface area contributed by atoms with Crippen molar-refractivity contribution in [3.63, 3.8) is 0 Å². The monoisotopic (exact) mass is 256 g/mol. The van der Waals surface area contributed by atoms with E-state index in [1.54, 1.807) is 6.08 Å². The Balaban J connectivity index is 2.68. The second-order valence-corrected chi connectivity index (χ2v) is 4.09. The number of allylic oxidation sites excluding steroid dienone is 1. The highest BCUT2D eigenvalue weighted by Gasteiger charge is 2.31. The summed E-state index contributed by atoms with van der Waals surface area (Å²) in [5.74, 6) is 0.488. The van der Waals surface area contributed by atoms with E-state index in [1.165, 1.54) is 12.2 Å². The zero-order chi connectivity index (χ0) is 12.7. The number of alkyl halides is 1. The van der Waals surface area contributed by atoms with Gasteiger partial charge >= 0.3 is 0 Å². The molecule has 1 aliphatic carbocycles. The van der Waals surface area contributed by atoms with Crippen molar-refractivity contribution in [1.29, 1.82) is 5.26 Å². The van der Waals surface area contributed by atoms with Crippen molar-refractivity contribution in [3.05, 3.63) is 34.0 Å². The van der Waals surface area contributed by atoms with E-state index < -0.39 is 10.5 Å². The molecule has 0 N–H and O–H groups in total. The summed E-state index contributed by atoms with van der Waals surface area (Å²) >= 11 is 5.54. The van der Waals surface area contributed by atoms with E-state index in [9.17, 15) is 10.1 Å². The summed E-state index contributed by atoms with van der Waals surface area (Å²) in [6, 6.07) is 2.04. The lowest BCUT2D eigenvalue weighted by Gasteiger charge is -2.28. The third-order valence-corrected chi connectivity index (χ3v) is 2.74. The molecule has 0 aromatic heterocycles. The lowest BCUT2D eigenvalue weighted by molar-refractivity contribution is -0.419. The van der Waals surface area contributed by atoms with E-state index in [0.717, 1.165) is 0 Å². The number of hydrogen-bond acceptors (Lipinski definition) is 4. The van der Waals surface area contributed by atoms with Gasteiger partial charge in [0.05, 0.1) is 17.4 Å². The topological polar surface area (TPSA) is 76.2 Å². The van der Waals surface area contributed by atoms with Crippen molar-refractivity contribution >= 4 is 11.6 Å². The van der Waals surface area contributed by atoms with E-state index in [1.807, 2.05) is 6.07 Å². The first-order valence-electron chi connectivity index (χ1n) is 5.24. The molecule has 0 saturated heterocycles. The second kappa shape index (κ2) is 6.38. The Kier molecular flexibility index (Phi) is 5.13. The Morgan fingerprint density at radius 3 is 2.94 bits per heavy atom. The molecular weight excluding hydrogens is 244 g/mol. The van der Waals surface area contributed by atoms with Crippen molar-refractivity contribution in [2.45, 2.75) is 24.9 Å². The van der Waals surface area contributed by atoms with Crippen LogP contribution in [0.2, 0.25) is 0 Å². The van der Waals surface area contributed by atoms with Gasteiger partial charge in [0.15, 0.2) is 0 Å². The SMILES string of the molecule is N#CCC1(OCCCCl)C=CC([N+](=O)[O-])=CC1. The van der Waals surface area contributed by atoms with Crippen molar-refractivity contribution in [2.75, 3.05) is 12.5 Å². The highest BCUT2D eigenvalue weighted by molar-refractivity contribution is 6.17. The molecule has 0 spiro atoms. The van der Waals surface area contributed by atoms with Crippen LogP contribution in [-0.4, -0.2) is 23.0 Å². The number of nitrogens with zero attached hydrogens (tertiary/aromatic N) is 2. The molecule has 0 heterocycles. The molecule has 1 aliphatic rings. The van der Waals surface area contributed by atoms with Crippen molar-refractivity contribution in [3.8, 4) is 6.07 Å². The summed E-state index contributed by atoms with van der Waals surface area (Å²) in [6.07, 6.45) is 5.68. The second-order valence-electron chi connectivity index (χ2n) is 3.71. The number of hydrogen-bond donors (Lipinski definition) is 0. The molecule has 0 aliphatic heterocycles. The van der Waals surface area contributed by atoms with Gasteiger partial charge in [-0.25, -0.2) is 0 Å². The van der Waals surface area contributed by atoms with Crippen LogP contribution in [0.1, 0.15) is 19.3 Å². The predicted molar refractivity (Wildman–Crippen MR) is 63.1 cm³/mol. The van der Waals surface area contributed by atoms with Crippen LogP contribution in [0.3, 0.4) is 0 Å². The quantitative estimate of drug-likeness (QED) is 0.316. The minimum atomic E-state index is -0.736. The maximum atomic E-state index is 10.5. The summed E-state index contributed by atoms with van der Waals surface area (Å²) in [5.41, 5.74) is -0.695. The van der Waals surface area contributed by atoms with Gasteiger partial charge in [-0.15, -0.1) is 11.6 Å².